The van der Waals surface area contributed by atoms with Gasteiger partial charge in [0.2, 0.25) is 5.22 Å². The topological polar surface area (TPSA) is 42.2 Å². The fraction of sp³-hybridized carbons (Fsp3) is 0.545. The van der Waals surface area contributed by atoms with E-state index in [1.807, 2.05) is 0 Å². The minimum Gasteiger partial charge on any atom is -0.452 e. The van der Waals surface area contributed by atoms with Crippen molar-refractivity contribution in [2.45, 2.75) is 32.6 Å². The molecule has 1 aromatic rings. The summed E-state index contributed by atoms with van der Waals surface area (Å²) in [6.07, 6.45) is 5.98. The molecule has 0 saturated heterocycles. The van der Waals surface area contributed by atoms with Crippen LogP contribution in [0.25, 0.3) is 0 Å². The van der Waals surface area contributed by atoms with Crippen molar-refractivity contribution in [2.24, 2.45) is 0 Å². The number of unbranched alkanes of at least 4 members (excludes halogenated alkanes) is 3. The third-order valence-electron chi connectivity index (χ3n) is 2.18. The first-order valence-electron chi connectivity index (χ1n) is 5.27. The Labute approximate surface area is 94.8 Å². The Hall–Kier alpha value is -0.960. The van der Waals surface area contributed by atoms with Crippen LogP contribution >= 0.6 is 11.6 Å². The van der Waals surface area contributed by atoms with E-state index in [1.54, 1.807) is 6.07 Å². The summed E-state index contributed by atoms with van der Waals surface area (Å²) in [4.78, 5) is 11.5. The van der Waals surface area contributed by atoms with Gasteiger partial charge in [-0.15, -0.1) is 0 Å². The summed E-state index contributed by atoms with van der Waals surface area (Å²) in [5, 5.41) is 2.96. The number of halogens is 1. The second-order valence-corrected chi connectivity index (χ2v) is 3.77. The molecule has 0 aliphatic rings. The molecule has 0 atom stereocenters. The molecule has 84 valence electrons. The Morgan fingerprint density at radius 1 is 1.47 bits per heavy atom. The highest BCUT2D eigenvalue weighted by molar-refractivity contribution is 6.32. The largest absolute Gasteiger partial charge is 0.452 e. The normalized spacial score (nSPS) is 10.3. The molecule has 0 fully saturated rings. The number of carbonyl (C=O) groups excluding carboxylic acids is 1. The maximum absolute atomic E-state index is 11.5. The van der Waals surface area contributed by atoms with Gasteiger partial charge in [-0.3, -0.25) is 4.79 Å². The van der Waals surface area contributed by atoms with E-state index in [1.165, 1.54) is 19.1 Å². The van der Waals surface area contributed by atoms with Crippen molar-refractivity contribution in [2.75, 3.05) is 6.54 Å². The minimum atomic E-state index is -0.162. The monoisotopic (exact) mass is 229 g/mol. The Morgan fingerprint density at radius 3 is 2.87 bits per heavy atom. The van der Waals surface area contributed by atoms with Crippen molar-refractivity contribution in [1.82, 2.24) is 5.32 Å². The average molecular weight is 230 g/mol. The van der Waals surface area contributed by atoms with Gasteiger partial charge in [-0.2, -0.15) is 0 Å². The van der Waals surface area contributed by atoms with Crippen LogP contribution < -0.4 is 5.32 Å². The van der Waals surface area contributed by atoms with Crippen LogP contribution in [0.15, 0.2) is 16.7 Å². The third kappa shape index (κ3) is 3.96. The van der Waals surface area contributed by atoms with Gasteiger partial charge in [0, 0.05) is 6.54 Å². The zero-order chi connectivity index (χ0) is 11.1. The lowest BCUT2D eigenvalue weighted by Gasteiger charge is -2.02. The Bertz CT molecular complexity index is 309. The lowest BCUT2D eigenvalue weighted by Crippen LogP contribution is -2.24. The SMILES string of the molecule is CCCCCCNC(=O)c1ccoc1Cl. The Morgan fingerprint density at radius 2 is 2.27 bits per heavy atom. The molecular weight excluding hydrogens is 214 g/mol. The lowest BCUT2D eigenvalue weighted by atomic mass is 10.2. The highest BCUT2D eigenvalue weighted by Crippen LogP contribution is 2.16. The Balaban J connectivity index is 2.22. The summed E-state index contributed by atoms with van der Waals surface area (Å²) >= 11 is 5.67. The molecule has 4 heteroatoms. The molecular formula is C11H16ClNO2. The first-order valence-corrected chi connectivity index (χ1v) is 5.64. The molecule has 0 aliphatic heterocycles. The summed E-state index contributed by atoms with van der Waals surface area (Å²) in [6.45, 7) is 2.85. The minimum absolute atomic E-state index is 0.154. The number of rotatable bonds is 6. The molecule has 0 radical (unpaired) electrons. The van der Waals surface area contributed by atoms with Crippen molar-refractivity contribution in [1.29, 1.82) is 0 Å². The number of carbonyl (C=O) groups is 1. The number of hydrogen-bond donors (Lipinski definition) is 1. The predicted octanol–water partition coefficient (Wildman–Crippen LogP) is 3.24. The molecule has 15 heavy (non-hydrogen) atoms. The maximum atomic E-state index is 11.5. The van der Waals surface area contributed by atoms with Gasteiger partial charge in [-0.1, -0.05) is 26.2 Å². The second-order valence-electron chi connectivity index (χ2n) is 3.42. The van der Waals surface area contributed by atoms with Crippen molar-refractivity contribution in [3.05, 3.63) is 23.1 Å². The van der Waals surface area contributed by atoms with Crippen LogP contribution in [0.3, 0.4) is 0 Å². The summed E-state index contributed by atoms with van der Waals surface area (Å²) in [7, 11) is 0. The number of hydrogen-bond acceptors (Lipinski definition) is 2. The fourth-order valence-corrected chi connectivity index (χ4v) is 1.50. The van der Waals surface area contributed by atoms with Crippen molar-refractivity contribution < 1.29 is 9.21 Å². The standard InChI is InChI=1S/C11H16ClNO2/c1-2-3-4-5-7-13-11(14)9-6-8-15-10(9)12/h6,8H,2-5,7H2,1H3,(H,13,14). The fourth-order valence-electron chi connectivity index (χ4n) is 1.30. The van der Waals surface area contributed by atoms with Crippen LogP contribution in [0.1, 0.15) is 43.0 Å². The van der Waals surface area contributed by atoms with Gasteiger partial charge in [-0.05, 0) is 24.1 Å². The zero-order valence-corrected chi connectivity index (χ0v) is 9.64. The predicted molar refractivity (Wildman–Crippen MR) is 60.2 cm³/mol. The van der Waals surface area contributed by atoms with Gasteiger partial charge in [0.05, 0.1) is 11.8 Å². The molecule has 1 heterocycles. The molecule has 1 amide bonds. The van der Waals surface area contributed by atoms with Crippen molar-refractivity contribution >= 4 is 17.5 Å². The molecule has 1 rings (SSSR count). The zero-order valence-electron chi connectivity index (χ0n) is 8.88. The second kappa shape index (κ2) is 6.51. The van der Waals surface area contributed by atoms with Crippen LogP contribution in [0.4, 0.5) is 0 Å². The molecule has 1 N–H and O–H groups in total. The van der Waals surface area contributed by atoms with E-state index in [4.69, 9.17) is 16.0 Å². The van der Waals surface area contributed by atoms with Gasteiger partial charge in [-0.25, -0.2) is 0 Å². The maximum Gasteiger partial charge on any atom is 0.256 e. The van der Waals surface area contributed by atoms with Crippen LogP contribution in [0.5, 0.6) is 0 Å². The van der Waals surface area contributed by atoms with E-state index in [0.29, 0.717) is 12.1 Å². The van der Waals surface area contributed by atoms with Crippen molar-refractivity contribution in [3.8, 4) is 0 Å². The third-order valence-corrected chi connectivity index (χ3v) is 2.47. The van der Waals surface area contributed by atoms with Gasteiger partial charge in [0.25, 0.3) is 5.91 Å². The van der Waals surface area contributed by atoms with Gasteiger partial charge < -0.3 is 9.73 Å². The molecule has 0 saturated carbocycles. The molecule has 0 aliphatic carbocycles. The van der Waals surface area contributed by atoms with E-state index < -0.39 is 0 Å². The number of amides is 1. The van der Waals surface area contributed by atoms with E-state index in [-0.39, 0.29) is 11.1 Å². The molecule has 3 nitrogen and oxygen atoms in total. The molecule has 0 aromatic carbocycles. The van der Waals surface area contributed by atoms with Crippen LogP contribution in [-0.2, 0) is 0 Å². The van der Waals surface area contributed by atoms with E-state index in [2.05, 4.69) is 12.2 Å². The van der Waals surface area contributed by atoms with Crippen LogP contribution in [-0.4, -0.2) is 12.5 Å². The van der Waals surface area contributed by atoms with Gasteiger partial charge in [0.1, 0.15) is 0 Å². The number of nitrogens with one attached hydrogen (secondary N) is 1. The molecule has 0 spiro atoms. The van der Waals surface area contributed by atoms with E-state index >= 15 is 0 Å². The highest BCUT2D eigenvalue weighted by Gasteiger charge is 2.11. The molecule has 0 bridgehead atoms. The van der Waals surface area contributed by atoms with E-state index in [0.717, 1.165) is 12.8 Å². The Kier molecular flexibility index (Phi) is 5.26. The number of furan rings is 1. The summed E-state index contributed by atoms with van der Waals surface area (Å²) in [6, 6.07) is 1.57. The van der Waals surface area contributed by atoms with Crippen LogP contribution in [0, 0.1) is 0 Å². The average Bonchev–Trinajstić information content (AvgIpc) is 2.64. The summed E-state index contributed by atoms with van der Waals surface area (Å²) in [5.41, 5.74) is 0.409. The summed E-state index contributed by atoms with van der Waals surface area (Å²) < 4.78 is 4.84. The van der Waals surface area contributed by atoms with Crippen LogP contribution in [0.2, 0.25) is 5.22 Å². The van der Waals surface area contributed by atoms with E-state index in [9.17, 15) is 4.79 Å². The first-order chi connectivity index (χ1) is 7.25. The molecule has 0 unspecified atom stereocenters. The van der Waals surface area contributed by atoms with Gasteiger partial charge in [0.15, 0.2) is 0 Å². The summed E-state index contributed by atoms with van der Waals surface area (Å²) in [5.74, 6) is -0.162. The smallest absolute Gasteiger partial charge is 0.256 e. The molecule has 1 aromatic heterocycles. The van der Waals surface area contributed by atoms with Crippen molar-refractivity contribution in [3.63, 3.8) is 0 Å². The quantitative estimate of drug-likeness (QED) is 0.761. The van der Waals surface area contributed by atoms with Gasteiger partial charge >= 0.3 is 0 Å². The first kappa shape index (κ1) is 12.1. The lowest BCUT2D eigenvalue weighted by molar-refractivity contribution is 0.0952. The highest BCUT2D eigenvalue weighted by atomic mass is 35.5.